The van der Waals surface area contributed by atoms with Gasteiger partial charge in [0.05, 0.1) is 6.42 Å². The van der Waals surface area contributed by atoms with Crippen molar-refractivity contribution in [3.63, 3.8) is 0 Å². The lowest BCUT2D eigenvalue weighted by molar-refractivity contribution is -0.143. The van der Waals surface area contributed by atoms with Crippen molar-refractivity contribution < 1.29 is 29.0 Å². The lowest BCUT2D eigenvalue weighted by Gasteiger charge is -2.39. The molecule has 140 valence electrons. The molecule has 7 nitrogen and oxygen atoms in total. The average Bonchev–Trinajstić information content (AvgIpc) is 2.63. The monoisotopic (exact) mass is 361 g/mol. The Morgan fingerprint density at radius 1 is 1.27 bits per heavy atom. The number of hydrogen-bond acceptors (Lipinski definition) is 5. The van der Waals surface area contributed by atoms with Crippen molar-refractivity contribution in [2.24, 2.45) is 0 Å². The van der Waals surface area contributed by atoms with Gasteiger partial charge in [-0.1, -0.05) is 25.1 Å². The summed E-state index contributed by atoms with van der Waals surface area (Å²) in [6, 6.07) is 5.83. The normalized spacial score (nSPS) is 17.5. The van der Waals surface area contributed by atoms with Crippen LogP contribution in [0.3, 0.4) is 0 Å². The molecule has 0 saturated carbocycles. The quantitative estimate of drug-likeness (QED) is 0.720. The van der Waals surface area contributed by atoms with Crippen LogP contribution in [-0.4, -0.2) is 52.8 Å². The summed E-state index contributed by atoms with van der Waals surface area (Å²) in [5.41, 5.74) is 1.23. The Morgan fingerprint density at radius 3 is 2.58 bits per heavy atom. The molecule has 0 aromatic heterocycles. The molecule has 1 amide bonds. The van der Waals surface area contributed by atoms with Crippen molar-refractivity contribution >= 4 is 23.4 Å². The van der Waals surface area contributed by atoms with E-state index in [4.69, 9.17) is 4.74 Å². The summed E-state index contributed by atoms with van der Waals surface area (Å²) in [5.74, 6) is -2.14. The molecule has 1 aromatic carbocycles. The molecule has 1 N–H and O–H groups in total. The molecule has 0 bridgehead atoms. The Bertz CT molecular complexity index is 714. The van der Waals surface area contributed by atoms with Gasteiger partial charge >= 0.3 is 5.97 Å². The van der Waals surface area contributed by atoms with Crippen LogP contribution >= 0.6 is 0 Å². The zero-order valence-corrected chi connectivity index (χ0v) is 14.9. The van der Waals surface area contributed by atoms with Crippen molar-refractivity contribution in [3.8, 4) is 0 Å². The van der Waals surface area contributed by atoms with Crippen molar-refractivity contribution in [2.75, 3.05) is 7.11 Å². The van der Waals surface area contributed by atoms with E-state index in [1.165, 1.54) is 12.0 Å². The number of carboxylic acids is 1. The third kappa shape index (κ3) is 4.35. The molecule has 1 aliphatic rings. The highest BCUT2D eigenvalue weighted by molar-refractivity contribution is 6.01. The van der Waals surface area contributed by atoms with Gasteiger partial charge in [-0.15, -0.1) is 0 Å². The number of carbonyl (C=O) groups excluding carboxylic acids is 3. The van der Waals surface area contributed by atoms with Crippen LogP contribution in [0.15, 0.2) is 24.3 Å². The summed E-state index contributed by atoms with van der Waals surface area (Å²) < 4.78 is 5.38. The Balaban J connectivity index is 2.32. The highest BCUT2D eigenvalue weighted by Gasteiger charge is 2.40. The topological polar surface area (TPSA) is 101 Å². The minimum atomic E-state index is -1.19. The third-order valence-corrected chi connectivity index (χ3v) is 4.58. The van der Waals surface area contributed by atoms with Crippen molar-refractivity contribution in [3.05, 3.63) is 35.4 Å². The molecule has 7 heteroatoms. The van der Waals surface area contributed by atoms with E-state index >= 15 is 0 Å². The van der Waals surface area contributed by atoms with E-state index in [0.717, 1.165) is 5.56 Å². The smallest absolute Gasteiger partial charge is 0.305 e. The number of carbonyl (C=O) groups is 4. The average molecular weight is 361 g/mol. The Morgan fingerprint density at radius 2 is 1.96 bits per heavy atom. The van der Waals surface area contributed by atoms with Gasteiger partial charge in [0, 0.05) is 38.4 Å². The fraction of sp³-hybridized carbons (Fsp3) is 0.474. The van der Waals surface area contributed by atoms with E-state index in [0.29, 0.717) is 18.4 Å². The van der Waals surface area contributed by atoms with Gasteiger partial charge in [-0.2, -0.15) is 0 Å². The second-order valence-corrected chi connectivity index (χ2v) is 6.24. The standard InChI is InChI=1S/C19H23NO6/c1-3-13(21)8-9-16(22)15(11-18(23)24)20-17(26-2)10-12-6-4-5-7-14(12)19(20)25/h4-7,15,17H,3,8-11H2,1-2H3,(H,23,24). The Labute approximate surface area is 151 Å². The number of amides is 1. The molecule has 0 saturated heterocycles. The second kappa shape index (κ2) is 8.71. The summed E-state index contributed by atoms with van der Waals surface area (Å²) in [4.78, 5) is 49.6. The number of ether oxygens (including phenoxy) is 1. The van der Waals surface area contributed by atoms with Crippen LogP contribution in [0.25, 0.3) is 0 Å². The minimum Gasteiger partial charge on any atom is -0.481 e. The number of carboxylic acid groups (broad SMARTS) is 1. The van der Waals surface area contributed by atoms with Crippen LogP contribution in [0.1, 0.15) is 48.5 Å². The van der Waals surface area contributed by atoms with Gasteiger partial charge in [0.2, 0.25) is 0 Å². The first-order chi connectivity index (χ1) is 12.4. The van der Waals surface area contributed by atoms with E-state index in [1.54, 1.807) is 19.1 Å². The highest BCUT2D eigenvalue weighted by atomic mass is 16.5. The van der Waals surface area contributed by atoms with Crippen LogP contribution in [-0.2, 0) is 25.5 Å². The summed E-state index contributed by atoms with van der Waals surface area (Å²) >= 11 is 0. The van der Waals surface area contributed by atoms with Gasteiger partial charge in [-0.05, 0) is 11.6 Å². The lowest BCUT2D eigenvalue weighted by Crippen LogP contribution is -2.55. The molecule has 2 rings (SSSR count). The number of ketones is 2. The van der Waals surface area contributed by atoms with Crippen LogP contribution in [0.5, 0.6) is 0 Å². The fourth-order valence-corrected chi connectivity index (χ4v) is 3.14. The number of nitrogens with zero attached hydrogens (tertiary/aromatic N) is 1. The largest absolute Gasteiger partial charge is 0.481 e. The minimum absolute atomic E-state index is 0.0434. The molecule has 1 heterocycles. The van der Waals surface area contributed by atoms with Gasteiger partial charge in [0.25, 0.3) is 5.91 Å². The summed E-state index contributed by atoms with van der Waals surface area (Å²) in [5, 5.41) is 9.23. The molecule has 0 spiro atoms. The van der Waals surface area contributed by atoms with E-state index in [1.807, 2.05) is 12.1 Å². The van der Waals surface area contributed by atoms with Gasteiger partial charge in [0.15, 0.2) is 5.78 Å². The van der Waals surface area contributed by atoms with E-state index in [2.05, 4.69) is 0 Å². The van der Waals surface area contributed by atoms with Gasteiger partial charge < -0.3 is 14.7 Å². The zero-order valence-electron chi connectivity index (χ0n) is 14.9. The predicted octanol–water partition coefficient (Wildman–Crippen LogP) is 1.83. The molecule has 0 aliphatic carbocycles. The number of hydrogen-bond donors (Lipinski definition) is 1. The molecule has 1 aromatic rings. The molecule has 2 atom stereocenters. The Hall–Kier alpha value is -2.54. The first-order valence-corrected chi connectivity index (χ1v) is 8.58. The van der Waals surface area contributed by atoms with Gasteiger partial charge in [-0.25, -0.2) is 0 Å². The van der Waals surface area contributed by atoms with Crippen molar-refractivity contribution in [2.45, 2.75) is 51.3 Å². The Kier molecular flexibility index (Phi) is 6.63. The van der Waals surface area contributed by atoms with Crippen LogP contribution < -0.4 is 0 Å². The van der Waals surface area contributed by atoms with E-state index < -0.39 is 36.4 Å². The van der Waals surface area contributed by atoms with Gasteiger partial charge in [0.1, 0.15) is 18.1 Å². The molecule has 26 heavy (non-hydrogen) atoms. The zero-order chi connectivity index (χ0) is 19.3. The van der Waals surface area contributed by atoms with Crippen LogP contribution in [0.4, 0.5) is 0 Å². The maximum Gasteiger partial charge on any atom is 0.305 e. The lowest BCUT2D eigenvalue weighted by atomic mass is 9.93. The molecule has 2 unspecified atom stereocenters. The molecular formula is C19H23NO6. The van der Waals surface area contributed by atoms with Crippen molar-refractivity contribution in [1.29, 1.82) is 0 Å². The third-order valence-electron chi connectivity index (χ3n) is 4.58. The van der Waals surface area contributed by atoms with E-state index in [-0.39, 0.29) is 18.6 Å². The summed E-state index contributed by atoms with van der Waals surface area (Å²) in [6.07, 6.45) is -0.614. The highest BCUT2D eigenvalue weighted by Crippen LogP contribution is 2.27. The predicted molar refractivity (Wildman–Crippen MR) is 92.7 cm³/mol. The maximum atomic E-state index is 12.9. The van der Waals surface area contributed by atoms with Crippen LogP contribution in [0, 0.1) is 0 Å². The molecule has 1 aliphatic heterocycles. The van der Waals surface area contributed by atoms with Gasteiger partial charge in [-0.3, -0.25) is 19.2 Å². The summed E-state index contributed by atoms with van der Waals surface area (Å²) in [6.45, 7) is 1.70. The van der Waals surface area contributed by atoms with Crippen LogP contribution in [0.2, 0.25) is 0 Å². The summed E-state index contributed by atoms with van der Waals surface area (Å²) in [7, 11) is 1.42. The van der Waals surface area contributed by atoms with E-state index in [9.17, 15) is 24.3 Å². The maximum absolute atomic E-state index is 12.9. The first kappa shape index (κ1) is 19.8. The SMILES string of the molecule is CCC(=O)CCC(=O)C(CC(=O)O)N1C(=O)c2ccccc2CC1OC. The molecular weight excluding hydrogens is 338 g/mol. The number of fused-ring (bicyclic) bond motifs is 1. The molecule has 0 fully saturated rings. The van der Waals surface area contributed by atoms with Crippen molar-refractivity contribution in [1.82, 2.24) is 4.90 Å². The second-order valence-electron chi connectivity index (χ2n) is 6.24. The number of rotatable bonds is 9. The fourth-order valence-electron chi connectivity index (χ4n) is 3.14. The first-order valence-electron chi connectivity index (χ1n) is 8.58. The number of aliphatic carboxylic acids is 1. The number of Topliss-reactive ketones (excluding diaryl/α,β-unsaturated/α-hetero) is 2. The number of methoxy groups -OCH3 is 1. The number of benzene rings is 1. The molecule has 0 radical (unpaired) electrons.